The standard InChI is InChI=1S/C31H42N2OS2/c1-21(32(3)19-25-7-5-13-35-25)31-17-22-15-24(18-31)28(27(31)16-22)23-9-11-30(2,12-10-23)29(34)33(4)20-26-8-6-14-36-26/h5-8,13-14,22-24,27-28H,1,9-12,15-20H2,2-4H3. The van der Waals surface area contributed by atoms with Gasteiger partial charge in [-0.1, -0.05) is 25.6 Å². The zero-order valence-corrected chi connectivity index (χ0v) is 23.9. The molecule has 5 fully saturated rings. The maximum atomic E-state index is 13.5. The number of rotatable bonds is 8. The van der Waals surface area contributed by atoms with Gasteiger partial charge in [-0.2, -0.15) is 0 Å². The van der Waals surface area contributed by atoms with Crippen molar-refractivity contribution in [2.24, 2.45) is 40.4 Å². The Hall–Kier alpha value is -1.59. The lowest BCUT2D eigenvalue weighted by molar-refractivity contribution is -0.143. The molecule has 0 aromatic carbocycles. The maximum absolute atomic E-state index is 13.5. The van der Waals surface area contributed by atoms with Crippen molar-refractivity contribution >= 4 is 28.6 Å². The summed E-state index contributed by atoms with van der Waals surface area (Å²) >= 11 is 3.60. The number of thiophene rings is 2. The highest BCUT2D eigenvalue weighted by molar-refractivity contribution is 7.10. The third kappa shape index (κ3) is 4.09. The Kier molecular flexibility index (Phi) is 6.39. The molecule has 0 spiro atoms. The van der Waals surface area contributed by atoms with Gasteiger partial charge in [0.25, 0.3) is 0 Å². The van der Waals surface area contributed by atoms with E-state index in [1.165, 1.54) is 54.0 Å². The first-order valence-electron chi connectivity index (χ1n) is 14.0. The van der Waals surface area contributed by atoms with Crippen LogP contribution in [0.3, 0.4) is 0 Å². The Morgan fingerprint density at radius 2 is 1.61 bits per heavy atom. The fourth-order valence-electron chi connectivity index (χ4n) is 9.20. The van der Waals surface area contributed by atoms with Crippen LogP contribution >= 0.6 is 22.7 Å². The molecule has 5 unspecified atom stereocenters. The van der Waals surface area contributed by atoms with Crippen LogP contribution in [0.15, 0.2) is 47.3 Å². The van der Waals surface area contributed by atoms with Crippen LogP contribution in [-0.2, 0) is 17.9 Å². The molecule has 7 rings (SSSR count). The van der Waals surface area contributed by atoms with Crippen LogP contribution in [-0.4, -0.2) is 29.8 Å². The Morgan fingerprint density at radius 3 is 2.22 bits per heavy atom. The number of carbonyl (C=O) groups excluding carboxylic acids is 1. The van der Waals surface area contributed by atoms with Crippen molar-refractivity contribution in [1.82, 2.24) is 9.80 Å². The number of carbonyl (C=O) groups is 1. The summed E-state index contributed by atoms with van der Waals surface area (Å²) in [5, 5.41) is 4.29. The molecule has 2 aromatic rings. The molecule has 0 aliphatic heterocycles. The molecule has 0 saturated heterocycles. The van der Waals surface area contributed by atoms with Gasteiger partial charge in [-0.3, -0.25) is 4.79 Å². The van der Waals surface area contributed by atoms with Crippen LogP contribution in [0.1, 0.15) is 68.0 Å². The van der Waals surface area contributed by atoms with Crippen molar-refractivity contribution in [3.05, 3.63) is 57.1 Å². The van der Waals surface area contributed by atoms with Crippen molar-refractivity contribution in [1.29, 1.82) is 0 Å². The lowest BCUT2D eigenvalue weighted by atomic mass is 9.62. The summed E-state index contributed by atoms with van der Waals surface area (Å²) in [5.74, 6) is 4.59. The molecule has 5 aliphatic rings. The van der Waals surface area contributed by atoms with E-state index < -0.39 is 0 Å². The molecule has 5 heteroatoms. The van der Waals surface area contributed by atoms with E-state index in [0.29, 0.717) is 11.3 Å². The van der Waals surface area contributed by atoms with Crippen LogP contribution in [0.2, 0.25) is 0 Å². The summed E-state index contributed by atoms with van der Waals surface area (Å²) in [4.78, 5) is 20.7. The lowest BCUT2D eigenvalue weighted by Gasteiger charge is -2.44. The SMILES string of the molecule is C=C(N(C)Cc1cccs1)C12CC3CC(C1)C(C1CCC(C)(C(=O)N(C)Cc4cccs4)CC1)C2C3. The smallest absolute Gasteiger partial charge is 0.228 e. The number of nitrogens with zero attached hydrogens (tertiary/aromatic N) is 2. The highest BCUT2D eigenvalue weighted by Crippen LogP contribution is 2.72. The van der Waals surface area contributed by atoms with Gasteiger partial charge in [-0.05, 0) is 104 Å². The number of hydrogen-bond donors (Lipinski definition) is 0. The van der Waals surface area contributed by atoms with E-state index in [1.807, 2.05) is 23.3 Å². The molecule has 194 valence electrons. The molecule has 5 saturated carbocycles. The van der Waals surface area contributed by atoms with Crippen molar-refractivity contribution in [3.63, 3.8) is 0 Å². The van der Waals surface area contributed by atoms with Gasteiger partial charge in [0, 0.05) is 40.4 Å². The van der Waals surface area contributed by atoms with Gasteiger partial charge in [-0.15, -0.1) is 22.7 Å². The molecule has 36 heavy (non-hydrogen) atoms. The fraction of sp³-hybridized carbons (Fsp3) is 0.645. The molecule has 0 N–H and O–H groups in total. The summed E-state index contributed by atoms with van der Waals surface area (Å²) in [7, 11) is 4.27. The van der Waals surface area contributed by atoms with Gasteiger partial charge in [0.2, 0.25) is 5.91 Å². The zero-order valence-electron chi connectivity index (χ0n) is 22.2. The van der Waals surface area contributed by atoms with Crippen molar-refractivity contribution in [3.8, 4) is 0 Å². The first kappa shape index (κ1) is 24.7. The second kappa shape index (κ2) is 9.31. The largest absolute Gasteiger partial charge is 0.373 e. The van der Waals surface area contributed by atoms with Gasteiger partial charge in [0.15, 0.2) is 0 Å². The maximum Gasteiger partial charge on any atom is 0.228 e. The van der Waals surface area contributed by atoms with Crippen LogP contribution in [0.4, 0.5) is 0 Å². The molecule has 4 bridgehead atoms. The zero-order chi connectivity index (χ0) is 25.1. The average molecular weight is 523 g/mol. The van der Waals surface area contributed by atoms with E-state index in [1.54, 1.807) is 11.3 Å². The van der Waals surface area contributed by atoms with Gasteiger partial charge in [0.05, 0.1) is 13.1 Å². The molecule has 0 radical (unpaired) electrons. The minimum Gasteiger partial charge on any atom is -0.373 e. The molecule has 1 amide bonds. The predicted molar refractivity (Wildman–Crippen MR) is 151 cm³/mol. The predicted octanol–water partition coefficient (Wildman–Crippen LogP) is 7.66. The van der Waals surface area contributed by atoms with Crippen molar-refractivity contribution in [2.45, 2.75) is 71.4 Å². The van der Waals surface area contributed by atoms with Crippen LogP contribution in [0, 0.1) is 40.4 Å². The van der Waals surface area contributed by atoms with E-state index in [-0.39, 0.29) is 5.41 Å². The third-order valence-corrected chi connectivity index (χ3v) is 12.5. The number of hydrogen-bond acceptors (Lipinski definition) is 4. The summed E-state index contributed by atoms with van der Waals surface area (Å²) in [5.41, 5.74) is 1.56. The number of amides is 1. The highest BCUT2D eigenvalue weighted by atomic mass is 32.1. The quantitative estimate of drug-likeness (QED) is 0.355. The Morgan fingerprint density at radius 1 is 0.972 bits per heavy atom. The normalized spacial score (nSPS) is 36.8. The van der Waals surface area contributed by atoms with Gasteiger partial charge in [-0.25, -0.2) is 0 Å². The minimum atomic E-state index is -0.194. The van der Waals surface area contributed by atoms with Gasteiger partial charge >= 0.3 is 0 Å². The van der Waals surface area contributed by atoms with Gasteiger partial charge < -0.3 is 9.80 Å². The van der Waals surface area contributed by atoms with E-state index >= 15 is 0 Å². The van der Waals surface area contributed by atoms with Crippen molar-refractivity contribution in [2.75, 3.05) is 14.1 Å². The van der Waals surface area contributed by atoms with Crippen LogP contribution in [0.25, 0.3) is 0 Å². The minimum absolute atomic E-state index is 0.194. The van der Waals surface area contributed by atoms with Crippen LogP contribution in [0.5, 0.6) is 0 Å². The van der Waals surface area contributed by atoms with Crippen molar-refractivity contribution < 1.29 is 4.79 Å². The molecular formula is C31H42N2OS2. The second-order valence-corrected chi connectivity index (χ2v) is 14.9. The Bertz CT molecular complexity index is 1080. The Balaban J connectivity index is 1.12. The topological polar surface area (TPSA) is 23.6 Å². The summed E-state index contributed by atoms with van der Waals surface area (Å²) in [6.45, 7) is 8.74. The molecule has 2 heterocycles. The molecule has 5 atom stereocenters. The highest BCUT2D eigenvalue weighted by Gasteiger charge is 2.65. The molecule has 5 aliphatic carbocycles. The van der Waals surface area contributed by atoms with E-state index in [2.05, 4.69) is 53.9 Å². The van der Waals surface area contributed by atoms with Gasteiger partial charge in [0.1, 0.15) is 0 Å². The lowest BCUT2D eigenvalue weighted by Crippen LogP contribution is -2.43. The average Bonchev–Trinajstić information content (AvgIpc) is 3.65. The van der Waals surface area contributed by atoms with Crippen LogP contribution < -0.4 is 0 Å². The molecular weight excluding hydrogens is 480 g/mol. The van der Waals surface area contributed by atoms with E-state index in [9.17, 15) is 4.79 Å². The first-order chi connectivity index (χ1) is 17.3. The first-order valence-corrected chi connectivity index (χ1v) is 15.8. The monoisotopic (exact) mass is 522 g/mol. The summed E-state index contributed by atoms with van der Waals surface area (Å²) in [6.07, 6.45) is 10.2. The Labute approximate surface area is 225 Å². The van der Waals surface area contributed by atoms with E-state index in [0.717, 1.165) is 55.5 Å². The second-order valence-electron chi connectivity index (χ2n) is 12.9. The third-order valence-electron chi connectivity index (χ3n) is 10.7. The molecule has 3 nitrogen and oxygen atoms in total. The summed E-state index contributed by atoms with van der Waals surface area (Å²) < 4.78 is 0. The van der Waals surface area contributed by atoms with E-state index in [4.69, 9.17) is 6.58 Å². The number of allylic oxidation sites excluding steroid dienone is 1. The summed E-state index contributed by atoms with van der Waals surface area (Å²) in [6, 6.07) is 8.63. The fourth-order valence-corrected chi connectivity index (χ4v) is 10.7. The molecule has 2 aromatic heterocycles.